The van der Waals surface area contributed by atoms with Crippen molar-refractivity contribution in [3.05, 3.63) is 81.1 Å². The fraction of sp³-hybridized carbons (Fsp3) is 0.259. The molecule has 2 aromatic heterocycles. The van der Waals surface area contributed by atoms with E-state index in [0.717, 1.165) is 46.4 Å². The zero-order valence-corrected chi connectivity index (χ0v) is 20.2. The van der Waals surface area contributed by atoms with E-state index >= 15 is 0 Å². The highest BCUT2D eigenvalue weighted by Gasteiger charge is 2.33. The van der Waals surface area contributed by atoms with Gasteiger partial charge in [-0.15, -0.1) is 10.2 Å². The van der Waals surface area contributed by atoms with Gasteiger partial charge < -0.3 is 19.1 Å². The van der Waals surface area contributed by atoms with E-state index in [2.05, 4.69) is 15.4 Å². The average molecular weight is 504 g/mol. The van der Waals surface area contributed by atoms with Crippen LogP contribution >= 0.6 is 11.6 Å². The second-order valence-electron chi connectivity index (χ2n) is 9.11. The summed E-state index contributed by atoms with van der Waals surface area (Å²) in [6.07, 6.45) is 3.46. The molecule has 2 aliphatic rings. The summed E-state index contributed by atoms with van der Waals surface area (Å²) in [7, 11) is 0. The minimum atomic E-state index is -1.01. The van der Waals surface area contributed by atoms with Crippen molar-refractivity contribution in [2.24, 2.45) is 0 Å². The van der Waals surface area contributed by atoms with E-state index < -0.39 is 5.97 Å². The molecule has 8 nitrogen and oxygen atoms in total. The molecular formula is C27H22ClN3O5. The zero-order chi connectivity index (χ0) is 24.8. The Balaban J connectivity index is 1.27. The van der Waals surface area contributed by atoms with E-state index in [9.17, 15) is 9.90 Å². The van der Waals surface area contributed by atoms with Gasteiger partial charge >= 0.3 is 5.97 Å². The molecule has 1 N–H and O–H groups in total. The predicted octanol–water partition coefficient (Wildman–Crippen LogP) is 6.14. The van der Waals surface area contributed by atoms with Crippen molar-refractivity contribution in [3.63, 3.8) is 0 Å². The number of hydrogen-bond donors (Lipinski definition) is 1. The van der Waals surface area contributed by atoms with E-state index in [4.69, 9.17) is 25.6 Å². The third-order valence-corrected chi connectivity index (χ3v) is 6.90. The molecule has 1 aliphatic carbocycles. The van der Waals surface area contributed by atoms with Crippen LogP contribution in [-0.2, 0) is 19.4 Å². The summed E-state index contributed by atoms with van der Waals surface area (Å²) in [6.45, 7) is 2.21. The molecule has 4 aromatic rings. The second kappa shape index (κ2) is 8.95. The van der Waals surface area contributed by atoms with Gasteiger partial charge in [0.05, 0.1) is 16.1 Å². The maximum absolute atomic E-state index is 11.3. The van der Waals surface area contributed by atoms with Crippen molar-refractivity contribution in [1.29, 1.82) is 0 Å². The first-order chi connectivity index (χ1) is 17.5. The Morgan fingerprint density at radius 3 is 2.75 bits per heavy atom. The molecule has 0 unspecified atom stereocenters. The average Bonchev–Trinajstić information content (AvgIpc) is 3.65. The van der Waals surface area contributed by atoms with Crippen LogP contribution in [0.1, 0.15) is 57.1 Å². The lowest BCUT2D eigenvalue weighted by Gasteiger charge is -2.11. The largest absolute Gasteiger partial charge is 0.478 e. The van der Waals surface area contributed by atoms with Crippen molar-refractivity contribution in [1.82, 2.24) is 15.4 Å². The molecule has 1 saturated carbocycles. The standard InChI is InChI=1S/C27H22ClN3O5/c1-14-3-2-4-20(28)23(14)24-19(25(36-31-24)16-7-8-16)13-34-22-12-17-9-5-15-6-10-18(27(32)33)11-21(15)35-26(17)30-29-22/h2-4,6,10-12,16H,5,7-9,13H2,1H3,(H,32,33). The molecule has 182 valence electrons. The van der Waals surface area contributed by atoms with Crippen LogP contribution in [0.3, 0.4) is 0 Å². The lowest BCUT2D eigenvalue weighted by Crippen LogP contribution is -2.04. The smallest absolute Gasteiger partial charge is 0.335 e. The number of rotatable bonds is 6. The number of nitrogens with zero attached hydrogens (tertiary/aromatic N) is 3. The number of hydrogen-bond acceptors (Lipinski definition) is 7. The van der Waals surface area contributed by atoms with Gasteiger partial charge in [0.15, 0.2) is 0 Å². The fourth-order valence-electron chi connectivity index (χ4n) is 4.50. The number of aromatic carboxylic acids is 1. The Hall–Kier alpha value is -3.91. The van der Waals surface area contributed by atoms with Gasteiger partial charge in [-0.25, -0.2) is 4.79 Å². The summed E-state index contributed by atoms with van der Waals surface area (Å²) >= 11 is 6.53. The van der Waals surface area contributed by atoms with Crippen molar-refractivity contribution in [3.8, 4) is 28.8 Å². The Bertz CT molecular complexity index is 1470. The monoisotopic (exact) mass is 503 g/mol. The number of ether oxygens (including phenoxy) is 2. The molecule has 36 heavy (non-hydrogen) atoms. The number of carboxylic acid groups (broad SMARTS) is 1. The van der Waals surface area contributed by atoms with Crippen molar-refractivity contribution in [2.45, 2.75) is 45.1 Å². The van der Waals surface area contributed by atoms with Gasteiger partial charge in [-0.05, 0) is 61.9 Å². The van der Waals surface area contributed by atoms with Crippen LogP contribution in [0.25, 0.3) is 11.3 Å². The SMILES string of the molecule is Cc1cccc(Cl)c1-c1noc(C2CC2)c1COc1cc2c(nn1)Oc1cc(C(=O)O)ccc1CC2. The van der Waals surface area contributed by atoms with Gasteiger partial charge in [0.1, 0.15) is 23.8 Å². The summed E-state index contributed by atoms with van der Waals surface area (Å²) in [4.78, 5) is 11.3. The zero-order valence-electron chi connectivity index (χ0n) is 19.5. The van der Waals surface area contributed by atoms with E-state index in [1.807, 2.05) is 31.2 Å². The number of carboxylic acids is 1. The van der Waals surface area contributed by atoms with Crippen LogP contribution in [0.4, 0.5) is 0 Å². The predicted molar refractivity (Wildman–Crippen MR) is 131 cm³/mol. The number of carbonyl (C=O) groups is 1. The molecule has 0 radical (unpaired) electrons. The van der Waals surface area contributed by atoms with Crippen LogP contribution in [0, 0.1) is 6.92 Å². The van der Waals surface area contributed by atoms with Gasteiger partial charge in [0.25, 0.3) is 0 Å². The quantitative estimate of drug-likeness (QED) is 0.334. The van der Waals surface area contributed by atoms with E-state index in [1.165, 1.54) is 6.07 Å². The van der Waals surface area contributed by atoms with Crippen LogP contribution < -0.4 is 9.47 Å². The van der Waals surface area contributed by atoms with Crippen molar-refractivity contribution >= 4 is 17.6 Å². The maximum Gasteiger partial charge on any atom is 0.335 e. The number of fused-ring (bicyclic) bond motifs is 2. The van der Waals surface area contributed by atoms with Gasteiger partial charge in [-0.3, -0.25) is 0 Å². The summed E-state index contributed by atoms with van der Waals surface area (Å²) in [5.41, 5.74) is 5.32. The van der Waals surface area contributed by atoms with Crippen LogP contribution in [-0.4, -0.2) is 26.4 Å². The Morgan fingerprint density at radius 2 is 1.97 bits per heavy atom. The number of halogens is 1. The van der Waals surface area contributed by atoms with Crippen LogP contribution in [0.2, 0.25) is 5.02 Å². The number of benzene rings is 2. The lowest BCUT2D eigenvalue weighted by molar-refractivity contribution is 0.0696. The molecule has 6 rings (SSSR count). The molecule has 1 aliphatic heterocycles. The van der Waals surface area contributed by atoms with Gasteiger partial charge in [-0.2, -0.15) is 0 Å². The molecule has 2 aromatic carbocycles. The van der Waals surface area contributed by atoms with Crippen molar-refractivity contribution < 1.29 is 23.9 Å². The highest BCUT2D eigenvalue weighted by molar-refractivity contribution is 6.33. The molecule has 0 amide bonds. The number of aryl methyl sites for hydroxylation is 3. The normalized spacial score (nSPS) is 14.4. The summed E-state index contributed by atoms with van der Waals surface area (Å²) in [5.74, 6) is 1.36. The van der Waals surface area contributed by atoms with Crippen LogP contribution in [0.5, 0.6) is 17.5 Å². The second-order valence-corrected chi connectivity index (χ2v) is 9.52. The van der Waals surface area contributed by atoms with Gasteiger partial charge in [0, 0.05) is 23.1 Å². The molecule has 1 fully saturated rings. The molecule has 3 heterocycles. The topological polar surface area (TPSA) is 108 Å². The Labute approximate surface area is 211 Å². The maximum atomic E-state index is 11.3. The van der Waals surface area contributed by atoms with Gasteiger partial charge in [-0.1, -0.05) is 35.0 Å². The molecular weight excluding hydrogens is 482 g/mol. The first-order valence-electron chi connectivity index (χ1n) is 11.8. The molecule has 0 atom stereocenters. The van der Waals surface area contributed by atoms with Gasteiger partial charge in [0.2, 0.25) is 11.8 Å². The Kier molecular flexibility index (Phi) is 5.60. The molecule has 9 heteroatoms. The van der Waals surface area contributed by atoms with Crippen molar-refractivity contribution in [2.75, 3.05) is 0 Å². The minimum Gasteiger partial charge on any atom is -0.478 e. The molecule has 0 spiro atoms. The highest BCUT2D eigenvalue weighted by atomic mass is 35.5. The molecule has 0 bridgehead atoms. The summed E-state index contributed by atoms with van der Waals surface area (Å²) in [5, 5.41) is 22.7. The molecule has 0 saturated heterocycles. The van der Waals surface area contributed by atoms with E-state index in [0.29, 0.717) is 47.0 Å². The first kappa shape index (κ1) is 22.5. The third-order valence-electron chi connectivity index (χ3n) is 6.59. The highest BCUT2D eigenvalue weighted by Crippen LogP contribution is 2.45. The van der Waals surface area contributed by atoms with E-state index in [-0.39, 0.29) is 12.2 Å². The summed E-state index contributed by atoms with van der Waals surface area (Å²) in [6, 6.07) is 12.4. The fourth-order valence-corrected chi connectivity index (χ4v) is 4.81. The van der Waals surface area contributed by atoms with E-state index in [1.54, 1.807) is 12.1 Å². The van der Waals surface area contributed by atoms with Crippen LogP contribution in [0.15, 0.2) is 47.0 Å². The minimum absolute atomic E-state index is 0.162. The Morgan fingerprint density at radius 1 is 1.14 bits per heavy atom. The third kappa shape index (κ3) is 4.18. The first-order valence-corrected chi connectivity index (χ1v) is 12.1. The lowest BCUT2D eigenvalue weighted by atomic mass is 10.0. The number of aromatic nitrogens is 3. The summed E-state index contributed by atoms with van der Waals surface area (Å²) < 4.78 is 17.8.